The Morgan fingerprint density at radius 3 is 2.38 bits per heavy atom. The minimum atomic E-state index is -0.291. The van der Waals surface area contributed by atoms with Crippen molar-refractivity contribution < 1.29 is 18.3 Å². The number of rotatable bonds is 6. The second-order valence-corrected chi connectivity index (χ2v) is 8.54. The van der Waals surface area contributed by atoms with E-state index in [0.29, 0.717) is 17.9 Å². The van der Waals surface area contributed by atoms with Gasteiger partial charge < -0.3 is 14.5 Å². The zero-order chi connectivity index (χ0) is 24.4. The summed E-state index contributed by atoms with van der Waals surface area (Å²) in [6.07, 6.45) is 3.26. The highest BCUT2D eigenvalue weighted by molar-refractivity contribution is 6.06. The maximum atomic E-state index is 13.5. The van der Waals surface area contributed by atoms with E-state index in [1.165, 1.54) is 12.1 Å². The van der Waals surface area contributed by atoms with Crippen molar-refractivity contribution >= 4 is 28.1 Å². The lowest BCUT2D eigenvalue weighted by Gasteiger charge is -2.15. The van der Waals surface area contributed by atoms with Gasteiger partial charge in [-0.05, 0) is 87.2 Å². The molecule has 1 N–H and O–H groups in total. The van der Waals surface area contributed by atoms with Crippen LogP contribution in [0.2, 0.25) is 0 Å². The Morgan fingerprint density at radius 2 is 1.74 bits per heavy atom. The number of hydrogen-bond acceptors (Lipinski definition) is 3. The number of carbonyl (C=O) groups is 1. The molecule has 4 rings (SSSR count). The van der Waals surface area contributed by atoms with E-state index in [-0.39, 0.29) is 11.7 Å². The van der Waals surface area contributed by atoms with Crippen molar-refractivity contribution in [1.82, 2.24) is 0 Å². The lowest BCUT2D eigenvalue weighted by atomic mass is 9.96. The first-order valence-electron chi connectivity index (χ1n) is 11.3. The number of furan rings is 1. The van der Waals surface area contributed by atoms with E-state index in [0.717, 1.165) is 50.0 Å². The van der Waals surface area contributed by atoms with Crippen molar-refractivity contribution in [2.75, 3.05) is 11.9 Å². The van der Waals surface area contributed by atoms with Crippen molar-refractivity contribution in [3.8, 4) is 16.9 Å². The van der Waals surface area contributed by atoms with Gasteiger partial charge in [-0.15, -0.1) is 0 Å². The van der Waals surface area contributed by atoms with E-state index in [2.05, 4.69) is 11.4 Å². The number of carbonyl (C=O) groups excluding carboxylic acids is 1. The quantitative estimate of drug-likeness (QED) is 0.303. The number of fused-ring (bicyclic) bond motifs is 1. The molecule has 0 saturated carbocycles. The number of hydrogen-bond donors (Lipinski definition) is 1. The number of aryl methyl sites for hydroxylation is 3. The molecule has 1 amide bonds. The zero-order valence-electron chi connectivity index (χ0n) is 20.1. The fraction of sp³-hybridized carbons (Fsp3) is 0.207. The molecule has 0 aliphatic heterocycles. The highest BCUT2D eigenvalue weighted by Crippen LogP contribution is 2.40. The molecule has 1 heterocycles. The molecule has 174 valence electrons. The number of benzene rings is 3. The van der Waals surface area contributed by atoms with Crippen LogP contribution in [0.3, 0.4) is 0 Å². The van der Waals surface area contributed by atoms with Crippen LogP contribution in [0.1, 0.15) is 36.1 Å². The Balaban J connectivity index is 1.77. The number of anilines is 1. The number of halogens is 1. The lowest BCUT2D eigenvalue weighted by Crippen LogP contribution is -2.09. The highest BCUT2D eigenvalue weighted by atomic mass is 19.1. The van der Waals surface area contributed by atoms with E-state index < -0.39 is 0 Å². The van der Waals surface area contributed by atoms with Crippen molar-refractivity contribution in [1.29, 1.82) is 0 Å². The summed E-state index contributed by atoms with van der Waals surface area (Å²) in [7, 11) is 0. The Labute approximate surface area is 199 Å². The number of nitrogens with one attached hydrogen (secondary N) is 1. The molecule has 0 atom stereocenters. The summed E-state index contributed by atoms with van der Waals surface area (Å²) < 4.78 is 25.3. The second kappa shape index (κ2) is 9.56. The van der Waals surface area contributed by atoms with Gasteiger partial charge in [0.15, 0.2) is 0 Å². The largest absolute Gasteiger partial charge is 0.493 e. The van der Waals surface area contributed by atoms with Crippen LogP contribution in [0.25, 0.3) is 27.7 Å². The fourth-order valence-electron chi connectivity index (χ4n) is 4.29. The average Bonchev–Trinajstić information content (AvgIpc) is 3.19. The third-order valence-corrected chi connectivity index (χ3v) is 5.75. The van der Waals surface area contributed by atoms with Gasteiger partial charge in [0.1, 0.15) is 17.1 Å². The predicted molar refractivity (Wildman–Crippen MR) is 136 cm³/mol. The minimum Gasteiger partial charge on any atom is -0.493 e. The van der Waals surface area contributed by atoms with E-state index in [1.807, 2.05) is 52.8 Å². The Bertz CT molecular complexity index is 1380. The monoisotopic (exact) mass is 457 g/mol. The van der Waals surface area contributed by atoms with Crippen LogP contribution in [0.5, 0.6) is 5.75 Å². The topological polar surface area (TPSA) is 51.5 Å². The van der Waals surface area contributed by atoms with Crippen LogP contribution in [0.4, 0.5) is 10.1 Å². The molecule has 0 spiro atoms. The first kappa shape index (κ1) is 23.3. The summed E-state index contributed by atoms with van der Waals surface area (Å²) in [5, 5.41) is 3.83. The molecule has 0 bridgehead atoms. The van der Waals surface area contributed by atoms with Crippen LogP contribution in [-0.2, 0) is 4.79 Å². The van der Waals surface area contributed by atoms with Crippen LogP contribution in [0.15, 0.2) is 65.3 Å². The molecule has 0 unspecified atom stereocenters. The average molecular weight is 458 g/mol. The maximum absolute atomic E-state index is 13.5. The zero-order valence-corrected chi connectivity index (χ0v) is 20.1. The van der Waals surface area contributed by atoms with Gasteiger partial charge in [-0.2, -0.15) is 0 Å². The van der Waals surface area contributed by atoms with Crippen LogP contribution in [-0.4, -0.2) is 12.5 Å². The summed E-state index contributed by atoms with van der Waals surface area (Å²) in [6.45, 7) is 10.2. The third-order valence-electron chi connectivity index (χ3n) is 5.75. The maximum Gasteiger partial charge on any atom is 0.248 e. The van der Waals surface area contributed by atoms with Crippen molar-refractivity contribution in [2.45, 2.75) is 34.6 Å². The van der Waals surface area contributed by atoms with E-state index in [1.54, 1.807) is 24.5 Å². The molecule has 0 aliphatic carbocycles. The molecule has 34 heavy (non-hydrogen) atoms. The molecule has 0 fully saturated rings. The Morgan fingerprint density at radius 1 is 1.06 bits per heavy atom. The highest BCUT2D eigenvalue weighted by Gasteiger charge is 2.19. The molecule has 4 aromatic rings. The predicted octanol–water partition coefficient (Wildman–Crippen LogP) is 7.60. The van der Waals surface area contributed by atoms with Gasteiger partial charge in [-0.25, -0.2) is 4.39 Å². The summed E-state index contributed by atoms with van der Waals surface area (Å²) in [5.74, 6) is 0.178. The van der Waals surface area contributed by atoms with Gasteiger partial charge >= 0.3 is 0 Å². The Hall–Kier alpha value is -3.86. The first-order chi connectivity index (χ1) is 16.3. The molecule has 5 heteroatoms. The molecular formula is C29H28FNO3. The van der Waals surface area contributed by atoms with Crippen molar-refractivity contribution in [2.24, 2.45) is 0 Å². The van der Waals surface area contributed by atoms with Gasteiger partial charge in [0, 0.05) is 33.8 Å². The molecule has 3 aromatic carbocycles. The summed E-state index contributed by atoms with van der Waals surface area (Å²) in [6, 6.07) is 14.2. The fourth-order valence-corrected chi connectivity index (χ4v) is 4.29. The van der Waals surface area contributed by atoms with Crippen LogP contribution >= 0.6 is 0 Å². The molecular weight excluding hydrogens is 429 g/mol. The summed E-state index contributed by atoms with van der Waals surface area (Å²) in [5.41, 5.74) is 7.78. The molecule has 1 aromatic heterocycles. The standard InChI is InChI=1S/C29H28FNO3/c1-6-33-28-20(5)29-25(26(16-34-29)21-7-9-22(30)10-8-21)15-24(28)19(4)14-27(32)31-23-12-17(2)11-18(3)13-23/h7-16H,6H2,1-5H3,(H,31,32)/b19-14+. The molecule has 0 radical (unpaired) electrons. The van der Waals surface area contributed by atoms with E-state index in [4.69, 9.17) is 9.15 Å². The van der Waals surface area contributed by atoms with E-state index in [9.17, 15) is 9.18 Å². The van der Waals surface area contributed by atoms with Gasteiger partial charge in [-0.1, -0.05) is 18.2 Å². The SMILES string of the molecule is CCOc1c(/C(C)=C/C(=O)Nc2cc(C)cc(C)c2)cc2c(-c3ccc(F)cc3)coc2c1C. The van der Waals surface area contributed by atoms with Crippen molar-refractivity contribution in [3.63, 3.8) is 0 Å². The van der Waals surface area contributed by atoms with Gasteiger partial charge in [-0.3, -0.25) is 4.79 Å². The summed E-state index contributed by atoms with van der Waals surface area (Å²) in [4.78, 5) is 12.8. The van der Waals surface area contributed by atoms with Crippen molar-refractivity contribution in [3.05, 3.63) is 88.9 Å². The van der Waals surface area contributed by atoms with E-state index >= 15 is 0 Å². The molecule has 0 saturated heterocycles. The number of allylic oxidation sites excluding steroid dienone is 1. The van der Waals surface area contributed by atoms with Gasteiger partial charge in [0.05, 0.1) is 12.9 Å². The van der Waals surface area contributed by atoms with Gasteiger partial charge in [0.25, 0.3) is 0 Å². The normalized spacial score (nSPS) is 11.6. The van der Waals surface area contributed by atoms with Crippen LogP contribution in [0, 0.1) is 26.6 Å². The summed E-state index contributed by atoms with van der Waals surface area (Å²) >= 11 is 0. The van der Waals surface area contributed by atoms with Crippen LogP contribution < -0.4 is 10.1 Å². The third kappa shape index (κ3) is 4.74. The lowest BCUT2D eigenvalue weighted by molar-refractivity contribution is -0.111. The smallest absolute Gasteiger partial charge is 0.248 e. The van der Waals surface area contributed by atoms with Gasteiger partial charge in [0.2, 0.25) is 5.91 Å². The molecule has 0 aliphatic rings. The minimum absolute atomic E-state index is 0.214. The second-order valence-electron chi connectivity index (χ2n) is 8.54. The Kier molecular flexibility index (Phi) is 6.55. The number of amides is 1. The number of ether oxygens (including phenoxy) is 1. The first-order valence-corrected chi connectivity index (χ1v) is 11.3. The molecule has 4 nitrogen and oxygen atoms in total.